The molecule has 5 rings (SSSR count). The molecule has 3 aromatic carbocycles. The second-order valence-electron chi connectivity index (χ2n) is 9.61. The third-order valence-electron chi connectivity index (χ3n) is 6.31. The van der Waals surface area contributed by atoms with E-state index in [1.807, 2.05) is 62.4 Å². The van der Waals surface area contributed by atoms with Crippen LogP contribution in [0, 0.1) is 13.8 Å². The Morgan fingerprint density at radius 1 is 0.786 bits per heavy atom. The van der Waals surface area contributed by atoms with Crippen molar-refractivity contribution in [3.05, 3.63) is 94.5 Å². The number of carbonyl (C=O) groups excluding carboxylic acids is 3. The molecule has 0 spiro atoms. The summed E-state index contributed by atoms with van der Waals surface area (Å²) in [6.45, 7) is 5.56. The van der Waals surface area contributed by atoms with Gasteiger partial charge in [0.1, 0.15) is 0 Å². The van der Waals surface area contributed by atoms with Crippen LogP contribution in [0.1, 0.15) is 34.1 Å². The van der Waals surface area contributed by atoms with Gasteiger partial charge in [0.05, 0.1) is 46.7 Å². The molecule has 10 heteroatoms. The first-order chi connectivity index (χ1) is 20.3. The number of nitrogens with one attached hydrogen (secondary N) is 1. The van der Waals surface area contributed by atoms with Gasteiger partial charge in [-0.1, -0.05) is 59.7 Å². The van der Waals surface area contributed by atoms with Gasteiger partial charge in [0.2, 0.25) is 0 Å². The van der Waals surface area contributed by atoms with E-state index in [0.29, 0.717) is 27.6 Å². The fraction of sp³-hybridized carbons (Fsp3) is 0.188. The number of rotatable bonds is 9. The van der Waals surface area contributed by atoms with E-state index in [9.17, 15) is 14.4 Å². The summed E-state index contributed by atoms with van der Waals surface area (Å²) in [7, 11) is 0. The molecule has 2 aromatic heterocycles. The quantitative estimate of drug-likeness (QED) is 0.213. The number of aromatic nitrogens is 3. The van der Waals surface area contributed by atoms with E-state index in [2.05, 4.69) is 10.3 Å². The molecule has 0 unspecified atom stereocenters. The van der Waals surface area contributed by atoms with E-state index >= 15 is 0 Å². The molecule has 5 aromatic rings. The van der Waals surface area contributed by atoms with Crippen molar-refractivity contribution in [3.8, 4) is 22.5 Å². The van der Waals surface area contributed by atoms with Gasteiger partial charge in [-0.05, 0) is 39.0 Å². The average Bonchev–Trinajstić information content (AvgIpc) is 3.42. The number of ether oxygens (including phenoxy) is 2. The number of amides is 1. The number of hydrogen-bond donors (Lipinski definition) is 1. The Labute approximate surface area is 246 Å². The fourth-order valence-electron chi connectivity index (χ4n) is 4.18. The van der Waals surface area contributed by atoms with Crippen LogP contribution in [0.3, 0.4) is 0 Å². The van der Waals surface area contributed by atoms with Crippen LogP contribution in [-0.2, 0) is 25.5 Å². The Morgan fingerprint density at radius 3 is 2.02 bits per heavy atom. The molecule has 0 aliphatic rings. The monoisotopic (exact) mass is 580 g/mol. The zero-order valence-corrected chi connectivity index (χ0v) is 24.2. The van der Waals surface area contributed by atoms with Crippen LogP contribution in [0.5, 0.6) is 0 Å². The molecule has 0 saturated heterocycles. The second kappa shape index (κ2) is 12.7. The third-order valence-corrected chi connectivity index (χ3v) is 7.12. The maximum absolute atomic E-state index is 12.8. The number of carbonyl (C=O) groups is 3. The minimum atomic E-state index is -0.671. The predicted molar refractivity (Wildman–Crippen MR) is 161 cm³/mol. The largest absolute Gasteiger partial charge is 0.466 e. The maximum atomic E-state index is 12.8. The highest BCUT2D eigenvalue weighted by Crippen LogP contribution is 2.31. The van der Waals surface area contributed by atoms with Crippen LogP contribution < -0.4 is 5.32 Å². The summed E-state index contributed by atoms with van der Waals surface area (Å²) >= 11 is 1.16. The van der Waals surface area contributed by atoms with E-state index < -0.39 is 24.5 Å². The lowest BCUT2D eigenvalue weighted by molar-refractivity contribution is -0.142. The van der Waals surface area contributed by atoms with Crippen molar-refractivity contribution in [2.45, 2.75) is 27.2 Å². The van der Waals surface area contributed by atoms with Gasteiger partial charge in [-0.25, -0.2) is 19.7 Å². The number of aryl methyl sites for hydroxylation is 2. The van der Waals surface area contributed by atoms with Gasteiger partial charge in [-0.2, -0.15) is 0 Å². The van der Waals surface area contributed by atoms with Crippen LogP contribution in [0.15, 0.2) is 72.1 Å². The molecule has 0 radical (unpaired) electrons. The Bertz CT molecular complexity index is 1760. The molecule has 2 heterocycles. The lowest BCUT2D eigenvalue weighted by Crippen LogP contribution is -2.21. The highest BCUT2D eigenvalue weighted by molar-refractivity contribution is 7.13. The van der Waals surface area contributed by atoms with Crippen LogP contribution in [0.2, 0.25) is 0 Å². The summed E-state index contributed by atoms with van der Waals surface area (Å²) in [6, 6.07) is 21.1. The van der Waals surface area contributed by atoms with E-state index in [1.54, 1.807) is 30.5 Å². The molecule has 0 saturated carbocycles. The van der Waals surface area contributed by atoms with Crippen LogP contribution in [0.4, 0.5) is 5.13 Å². The van der Waals surface area contributed by atoms with Gasteiger partial charge in [-0.15, -0.1) is 11.3 Å². The first-order valence-corrected chi connectivity index (χ1v) is 14.2. The Kier molecular flexibility index (Phi) is 8.63. The maximum Gasteiger partial charge on any atom is 0.338 e. The number of nitrogens with zero attached hydrogens (tertiary/aromatic N) is 3. The standard InChI is InChI=1S/C32H28N4O5S/c1-4-40-28(38)16-24-18-42-32(33-24)36-27(37)17-41-31(39)23-13-14-25-26(15-23)35-30(22-11-7-20(3)8-12-22)29(34-25)21-9-5-19(2)6-10-21/h5-15,18H,4,16-17H2,1-3H3,(H,33,36,37). The first kappa shape index (κ1) is 28.6. The zero-order chi connectivity index (χ0) is 29.6. The highest BCUT2D eigenvalue weighted by atomic mass is 32.1. The number of fused-ring (bicyclic) bond motifs is 1. The number of benzene rings is 3. The summed E-state index contributed by atoms with van der Waals surface area (Å²) in [5, 5.41) is 4.53. The summed E-state index contributed by atoms with van der Waals surface area (Å²) in [5.74, 6) is -1.62. The molecule has 0 bridgehead atoms. The molecule has 0 aliphatic carbocycles. The molecule has 212 valence electrons. The van der Waals surface area contributed by atoms with Gasteiger partial charge in [-0.3, -0.25) is 14.9 Å². The van der Waals surface area contributed by atoms with Crippen molar-refractivity contribution in [1.82, 2.24) is 15.0 Å². The van der Waals surface area contributed by atoms with Crippen LogP contribution in [0.25, 0.3) is 33.5 Å². The summed E-state index contributed by atoms with van der Waals surface area (Å²) in [5.41, 5.74) is 7.43. The number of esters is 2. The number of anilines is 1. The summed E-state index contributed by atoms with van der Waals surface area (Å²) in [4.78, 5) is 50.8. The van der Waals surface area contributed by atoms with Crippen LogP contribution in [-0.4, -0.2) is 46.0 Å². The fourth-order valence-corrected chi connectivity index (χ4v) is 4.91. The predicted octanol–water partition coefficient (Wildman–Crippen LogP) is 5.94. The Balaban J connectivity index is 1.32. The second-order valence-corrected chi connectivity index (χ2v) is 10.5. The van der Waals surface area contributed by atoms with Crippen molar-refractivity contribution >= 4 is 45.3 Å². The molecular weight excluding hydrogens is 552 g/mol. The topological polar surface area (TPSA) is 120 Å². The SMILES string of the molecule is CCOC(=O)Cc1csc(NC(=O)COC(=O)c2ccc3nc(-c4ccc(C)cc4)c(-c4ccc(C)cc4)nc3c2)n1. The number of hydrogen-bond acceptors (Lipinski definition) is 9. The van der Waals surface area contributed by atoms with E-state index in [1.165, 1.54) is 0 Å². The summed E-state index contributed by atoms with van der Waals surface area (Å²) < 4.78 is 10.2. The zero-order valence-electron chi connectivity index (χ0n) is 23.3. The highest BCUT2D eigenvalue weighted by Gasteiger charge is 2.17. The van der Waals surface area contributed by atoms with Gasteiger partial charge in [0.25, 0.3) is 5.91 Å². The first-order valence-electron chi connectivity index (χ1n) is 13.3. The number of thiazole rings is 1. The molecule has 0 fully saturated rings. The lowest BCUT2D eigenvalue weighted by Gasteiger charge is -2.12. The van der Waals surface area contributed by atoms with Crippen molar-refractivity contribution in [2.24, 2.45) is 0 Å². The molecule has 1 N–H and O–H groups in total. The Morgan fingerprint density at radius 2 is 1.40 bits per heavy atom. The smallest absolute Gasteiger partial charge is 0.338 e. The third kappa shape index (κ3) is 6.84. The van der Waals surface area contributed by atoms with Gasteiger partial charge < -0.3 is 9.47 Å². The molecule has 42 heavy (non-hydrogen) atoms. The molecule has 9 nitrogen and oxygen atoms in total. The van der Waals surface area contributed by atoms with Crippen molar-refractivity contribution in [2.75, 3.05) is 18.5 Å². The minimum absolute atomic E-state index is 0.0121. The normalized spacial score (nSPS) is 10.8. The molecular formula is C32H28N4O5S. The van der Waals surface area contributed by atoms with Crippen molar-refractivity contribution in [3.63, 3.8) is 0 Å². The molecule has 0 aliphatic heterocycles. The van der Waals surface area contributed by atoms with E-state index in [0.717, 1.165) is 39.3 Å². The molecule has 1 amide bonds. The van der Waals surface area contributed by atoms with Gasteiger partial charge in [0.15, 0.2) is 11.7 Å². The van der Waals surface area contributed by atoms with E-state index in [-0.39, 0.29) is 18.6 Å². The van der Waals surface area contributed by atoms with Gasteiger partial charge >= 0.3 is 11.9 Å². The minimum Gasteiger partial charge on any atom is -0.466 e. The lowest BCUT2D eigenvalue weighted by atomic mass is 10.0. The van der Waals surface area contributed by atoms with Gasteiger partial charge in [0, 0.05) is 16.5 Å². The van der Waals surface area contributed by atoms with Crippen molar-refractivity contribution in [1.29, 1.82) is 0 Å². The van der Waals surface area contributed by atoms with Crippen molar-refractivity contribution < 1.29 is 23.9 Å². The Hall–Kier alpha value is -4.96. The summed E-state index contributed by atoms with van der Waals surface area (Å²) in [6.07, 6.45) is 0.0121. The van der Waals surface area contributed by atoms with E-state index in [4.69, 9.17) is 19.4 Å². The average molecular weight is 581 g/mol. The molecule has 0 atom stereocenters. The van der Waals surface area contributed by atoms with Crippen LogP contribution >= 0.6 is 11.3 Å².